The highest BCUT2D eigenvalue weighted by Gasteiger charge is 2.25. The molecule has 2 atom stereocenters. The van der Waals surface area contributed by atoms with Gasteiger partial charge in [-0.1, -0.05) is 6.92 Å². The molecule has 0 aliphatic carbocycles. The Bertz CT molecular complexity index is 516. The third-order valence-electron chi connectivity index (χ3n) is 3.61. The Kier molecular flexibility index (Phi) is 4.79. The fourth-order valence-electron chi connectivity index (χ4n) is 2.56. The van der Waals surface area contributed by atoms with Crippen molar-refractivity contribution in [3.05, 3.63) is 12.4 Å². The number of piperidine rings is 1. The molecule has 2 amide bonds. The quantitative estimate of drug-likeness (QED) is 0.748. The Hall–Kier alpha value is -2.09. The van der Waals surface area contributed by atoms with Crippen molar-refractivity contribution >= 4 is 17.7 Å². The zero-order chi connectivity index (χ0) is 15.4. The van der Waals surface area contributed by atoms with Crippen LogP contribution in [0.2, 0.25) is 0 Å². The number of nitrogens with one attached hydrogen (secondary N) is 2. The first-order valence-corrected chi connectivity index (χ1v) is 6.94. The number of aliphatic carboxylic acids is 1. The summed E-state index contributed by atoms with van der Waals surface area (Å²) in [6.45, 7) is 3.81. The van der Waals surface area contributed by atoms with Gasteiger partial charge in [0, 0.05) is 18.8 Å². The molecule has 8 nitrogen and oxygen atoms in total. The Morgan fingerprint density at radius 2 is 2.29 bits per heavy atom. The Morgan fingerprint density at radius 3 is 2.95 bits per heavy atom. The largest absolute Gasteiger partial charge is 0.480 e. The van der Waals surface area contributed by atoms with Crippen LogP contribution in [0.4, 0.5) is 10.5 Å². The standard InChI is InChI=1S/C13H21N5O3/c1-9-6-17(2)4-3-11(9)16-13(21)15-10-5-14-18(7-10)8-12(19)20/h5,7,9,11H,3-4,6,8H2,1-2H3,(H,19,20)(H2,15,16,21). The van der Waals surface area contributed by atoms with Gasteiger partial charge in [0.15, 0.2) is 0 Å². The molecular formula is C13H21N5O3. The predicted molar refractivity (Wildman–Crippen MR) is 77.1 cm³/mol. The van der Waals surface area contributed by atoms with Crippen LogP contribution in [0.3, 0.4) is 0 Å². The topological polar surface area (TPSA) is 99.5 Å². The van der Waals surface area contributed by atoms with Crippen LogP contribution in [0.15, 0.2) is 12.4 Å². The number of nitrogens with zero attached hydrogens (tertiary/aromatic N) is 3. The summed E-state index contributed by atoms with van der Waals surface area (Å²) in [5.74, 6) is -0.585. The lowest BCUT2D eigenvalue weighted by Crippen LogP contribution is -2.49. The molecule has 0 bridgehead atoms. The van der Waals surface area contributed by atoms with Crippen LogP contribution in [0, 0.1) is 5.92 Å². The lowest BCUT2D eigenvalue weighted by Gasteiger charge is -2.35. The highest BCUT2D eigenvalue weighted by atomic mass is 16.4. The molecule has 2 rings (SSSR count). The maximum absolute atomic E-state index is 12.0. The number of carboxylic acid groups (broad SMARTS) is 1. The van der Waals surface area contributed by atoms with E-state index in [-0.39, 0.29) is 18.6 Å². The van der Waals surface area contributed by atoms with E-state index >= 15 is 0 Å². The van der Waals surface area contributed by atoms with Crippen LogP contribution in [0.5, 0.6) is 0 Å². The summed E-state index contributed by atoms with van der Waals surface area (Å²) in [5, 5.41) is 18.2. The normalized spacial score (nSPS) is 22.8. The monoisotopic (exact) mass is 295 g/mol. The predicted octanol–water partition coefficient (Wildman–Crippen LogP) is 0.429. The van der Waals surface area contributed by atoms with Crippen molar-refractivity contribution in [3.8, 4) is 0 Å². The summed E-state index contributed by atoms with van der Waals surface area (Å²) >= 11 is 0. The van der Waals surface area contributed by atoms with Crippen molar-refractivity contribution in [2.45, 2.75) is 25.9 Å². The molecule has 0 radical (unpaired) electrons. The number of hydrogen-bond acceptors (Lipinski definition) is 4. The Balaban J connectivity index is 1.84. The molecule has 1 saturated heterocycles. The van der Waals surface area contributed by atoms with Gasteiger partial charge >= 0.3 is 12.0 Å². The van der Waals surface area contributed by atoms with Gasteiger partial charge in [-0.05, 0) is 25.9 Å². The number of carbonyl (C=O) groups excluding carboxylic acids is 1. The molecule has 1 aliphatic heterocycles. The molecule has 1 aromatic heterocycles. The van der Waals surface area contributed by atoms with Crippen molar-refractivity contribution in [1.29, 1.82) is 0 Å². The maximum Gasteiger partial charge on any atom is 0.325 e. The van der Waals surface area contributed by atoms with Crippen molar-refractivity contribution < 1.29 is 14.7 Å². The molecule has 0 saturated carbocycles. The van der Waals surface area contributed by atoms with Gasteiger partial charge in [-0.15, -0.1) is 0 Å². The number of amides is 2. The third kappa shape index (κ3) is 4.45. The van der Waals surface area contributed by atoms with Gasteiger partial charge in [0.1, 0.15) is 6.54 Å². The fraction of sp³-hybridized carbons (Fsp3) is 0.615. The number of hydrogen-bond donors (Lipinski definition) is 3. The Morgan fingerprint density at radius 1 is 1.52 bits per heavy atom. The molecule has 0 spiro atoms. The second kappa shape index (κ2) is 6.57. The number of rotatable bonds is 4. The zero-order valence-corrected chi connectivity index (χ0v) is 12.2. The molecule has 1 aliphatic rings. The van der Waals surface area contributed by atoms with Gasteiger partial charge in [0.05, 0.1) is 11.9 Å². The van der Waals surface area contributed by atoms with Crippen molar-refractivity contribution in [2.75, 3.05) is 25.5 Å². The van der Waals surface area contributed by atoms with Crippen LogP contribution < -0.4 is 10.6 Å². The SMILES string of the molecule is CC1CN(C)CCC1NC(=O)Nc1cnn(CC(=O)O)c1. The number of carboxylic acids is 1. The average Bonchev–Trinajstić information content (AvgIpc) is 2.79. The molecule has 116 valence electrons. The molecule has 0 aromatic carbocycles. The molecule has 2 heterocycles. The van der Waals surface area contributed by atoms with Crippen LogP contribution in [0.1, 0.15) is 13.3 Å². The lowest BCUT2D eigenvalue weighted by atomic mass is 9.94. The van der Waals surface area contributed by atoms with E-state index in [4.69, 9.17) is 5.11 Å². The summed E-state index contributed by atoms with van der Waals surface area (Å²) in [5.41, 5.74) is 0.481. The average molecular weight is 295 g/mol. The van der Waals surface area contributed by atoms with E-state index in [9.17, 15) is 9.59 Å². The Labute approximate surface area is 123 Å². The van der Waals surface area contributed by atoms with Crippen molar-refractivity contribution in [3.63, 3.8) is 0 Å². The summed E-state index contributed by atoms with van der Waals surface area (Å²) in [6, 6.07) is -0.137. The molecule has 3 N–H and O–H groups in total. The first-order chi connectivity index (χ1) is 9.94. The molecule has 8 heteroatoms. The van der Waals surface area contributed by atoms with E-state index in [2.05, 4.69) is 34.6 Å². The number of anilines is 1. The second-order valence-corrected chi connectivity index (χ2v) is 5.55. The van der Waals surface area contributed by atoms with Crippen LogP contribution in [0.25, 0.3) is 0 Å². The number of aromatic nitrogens is 2. The fourth-order valence-corrected chi connectivity index (χ4v) is 2.56. The highest BCUT2D eigenvalue weighted by molar-refractivity contribution is 5.89. The summed E-state index contributed by atoms with van der Waals surface area (Å²) < 4.78 is 1.26. The van der Waals surface area contributed by atoms with Crippen LogP contribution in [-0.4, -0.2) is 58.0 Å². The summed E-state index contributed by atoms with van der Waals surface area (Å²) in [7, 11) is 2.07. The third-order valence-corrected chi connectivity index (χ3v) is 3.61. The van der Waals surface area contributed by atoms with Gasteiger partial charge in [0.25, 0.3) is 0 Å². The number of likely N-dealkylation sites (tertiary alicyclic amines) is 1. The van der Waals surface area contributed by atoms with Crippen molar-refractivity contribution in [2.24, 2.45) is 5.92 Å². The smallest absolute Gasteiger partial charge is 0.325 e. The van der Waals surface area contributed by atoms with Crippen molar-refractivity contribution in [1.82, 2.24) is 20.0 Å². The van der Waals surface area contributed by atoms with Gasteiger partial charge in [-0.3, -0.25) is 9.48 Å². The van der Waals surface area contributed by atoms with Gasteiger partial charge in [0.2, 0.25) is 0 Å². The maximum atomic E-state index is 12.0. The first-order valence-electron chi connectivity index (χ1n) is 6.94. The van der Waals surface area contributed by atoms with E-state index in [0.29, 0.717) is 11.6 Å². The molecule has 1 fully saturated rings. The van der Waals surface area contributed by atoms with Gasteiger partial charge in [-0.2, -0.15) is 5.10 Å². The molecule has 21 heavy (non-hydrogen) atoms. The van der Waals surface area contributed by atoms with Crippen LogP contribution >= 0.6 is 0 Å². The number of carbonyl (C=O) groups is 2. The summed E-state index contributed by atoms with van der Waals surface area (Å²) in [6.07, 6.45) is 3.84. The highest BCUT2D eigenvalue weighted by Crippen LogP contribution is 2.15. The second-order valence-electron chi connectivity index (χ2n) is 5.55. The molecule has 2 unspecified atom stereocenters. The van der Waals surface area contributed by atoms with E-state index in [0.717, 1.165) is 19.5 Å². The van der Waals surface area contributed by atoms with E-state index < -0.39 is 5.97 Å². The van der Waals surface area contributed by atoms with Gasteiger partial charge < -0.3 is 20.6 Å². The van der Waals surface area contributed by atoms with E-state index in [1.165, 1.54) is 17.1 Å². The minimum Gasteiger partial charge on any atom is -0.480 e. The zero-order valence-electron chi connectivity index (χ0n) is 12.2. The molecule has 1 aromatic rings. The molecular weight excluding hydrogens is 274 g/mol. The lowest BCUT2D eigenvalue weighted by molar-refractivity contribution is -0.137. The first kappa shape index (κ1) is 15.3. The minimum atomic E-state index is -0.978. The number of urea groups is 1. The van der Waals surface area contributed by atoms with Crippen LogP contribution in [-0.2, 0) is 11.3 Å². The van der Waals surface area contributed by atoms with Gasteiger partial charge in [-0.25, -0.2) is 4.79 Å². The summed E-state index contributed by atoms with van der Waals surface area (Å²) in [4.78, 5) is 24.8. The van der Waals surface area contributed by atoms with E-state index in [1.54, 1.807) is 0 Å². The van der Waals surface area contributed by atoms with E-state index in [1.807, 2.05) is 0 Å². The minimum absolute atomic E-state index is 0.148.